The van der Waals surface area contributed by atoms with E-state index in [9.17, 15) is 9.18 Å². The van der Waals surface area contributed by atoms with Gasteiger partial charge in [-0.1, -0.05) is 5.16 Å². The molecule has 0 saturated carbocycles. The first-order valence-electron chi connectivity index (χ1n) is 10.4. The highest BCUT2D eigenvalue weighted by Crippen LogP contribution is 2.37. The minimum Gasteiger partial charge on any atom is -0.492 e. The Morgan fingerprint density at radius 2 is 2.06 bits per heavy atom. The Bertz CT molecular complexity index is 1060. The van der Waals surface area contributed by atoms with Crippen LogP contribution in [0, 0.1) is 19.7 Å². The normalized spacial score (nSPS) is 14.0. The summed E-state index contributed by atoms with van der Waals surface area (Å²) in [6.45, 7) is 7.33. The first-order chi connectivity index (χ1) is 15.0. The molecule has 3 heterocycles. The van der Waals surface area contributed by atoms with Gasteiger partial charge in [0.2, 0.25) is 0 Å². The van der Waals surface area contributed by atoms with Crippen molar-refractivity contribution in [3.8, 4) is 16.9 Å². The molecule has 2 aromatic heterocycles. The van der Waals surface area contributed by atoms with E-state index in [1.807, 2.05) is 19.9 Å². The molecule has 3 aromatic rings. The van der Waals surface area contributed by atoms with Gasteiger partial charge in [-0.25, -0.2) is 4.39 Å². The number of nitrogens with zero attached hydrogens (tertiary/aromatic N) is 3. The Labute approximate surface area is 180 Å². The third-order valence-corrected chi connectivity index (χ3v) is 5.42. The number of aryl methyl sites for hydroxylation is 2. The zero-order valence-electron chi connectivity index (χ0n) is 17.7. The summed E-state index contributed by atoms with van der Waals surface area (Å²) >= 11 is 0. The van der Waals surface area contributed by atoms with Crippen LogP contribution in [-0.4, -0.2) is 47.2 Å². The van der Waals surface area contributed by atoms with Crippen LogP contribution in [0.15, 0.2) is 41.2 Å². The Kier molecular flexibility index (Phi) is 6.27. The molecule has 7 nitrogen and oxygen atoms in total. The molecular weight excluding hydrogens is 399 g/mol. The Hall–Kier alpha value is -3.26. The molecule has 0 aliphatic carbocycles. The second-order valence-corrected chi connectivity index (χ2v) is 7.62. The van der Waals surface area contributed by atoms with Crippen molar-refractivity contribution in [2.45, 2.75) is 26.7 Å². The molecule has 1 aromatic carbocycles. The SMILES string of the molecule is Cc1noc(C)c1-c1cc(NC(=O)c2ccncc2F)ccc1OCCN1CCCC1. The standard InChI is InChI=1S/C23H25FN4O3/c1-15-22(16(2)31-27-15)19-13-17(26-23(29)18-7-8-25-14-20(18)24)5-6-21(19)30-12-11-28-9-3-4-10-28/h5-8,13-14H,3-4,9-12H2,1-2H3,(H,26,29). The van der Waals surface area contributed by atoms with E-state index < -0.39 is 11.7 Å². The summed E-state index contributed by atoms with van der Waals surface area (Å²) in [4.78, 5) is 18.6. The van der Waals surface area contributed by atoms with Crippen LogP contribution in [0.5, 0.6) is 5.75 Å². The monoisotopic (exact) mass is 424 g/mol. The summed E-state index contributed by atoms with van der Waals surface area (Å²) in [5.41, 5.74) is 2.77. The molecule has 1 aliphatic rings. The summed E-state index contributed by atoms with van der Waals surface area (Å²) < 4.78 is 25.4. The predicted molar refractivity (Wildman–Crippen MR) is 115 cm³/mol. The maximum absolute atomic E-state index is 13.9. The number of rotatable bonds is 7. The summed E-state index contributed by atoms with van der Waals surface area (Å²) in [6.07, 6.45) is 4.86. The lowest BCUT2D eigenvalue weighted by molar-refractivity contribution is 0.102. The van der Waals surface area contributed by atoms with Crippen LogP contribution in [0.2, 0.25) is 0 Å². The zero-order valence-corrected chi connectivity index (χ0v) is 17.7. The lowest BCUT2D eigenvalue weighted by Gasteiger charge is -2.17. The van der Waals surface area contributed by atoms with Crippen molar-refractivity contribution in [3.05, 3.63) is 59.5 Å². The Balaban J connectivity index is 1.58. The summed E-state index contributed by atoms with van der Waals surface area (Å²) in [5, 5.41) is 6.79. The van der Waals surface area contributed by atoms with Crippen LogP contribution in [0.25, 0.3) is 11.1 Å². The van der Waals surface area contributed by atoms with Gasteiger partial charge in [0.25, 0.3) is 5.91 Å². The molecule has 0 spiro atoms. The smallest absolute Gasteiger partial charge is 0.258 e. The number of carbonyl (C=O) groups is 1. The van der Waals surface area contributed by atoms with Crippen LogP contribution >= 0.6 is 0 Å². The lowest BCUT2D eigenvalue weighted by atomic mass is 10.0. The van der Waals surface area contributed by atoms with Crippen molar-refractivity contribution in [2.75, 3.05) is 31.6 Å². The van der Waals surface area contributed by atoms with Gasteiger partial charge in [0.05, 0.1) is 23.0 Å². The Morgan fingerprint density at radius 3 is 2.77 bits per heavy atom. The van der Waals surface area contributed by atoms with E-state index >= 15 is 0 Å². The van der Waals surface area contributed by atoms with Crippen molar-refractivity contribution >= 4 is 11.6 Å². The van der Waals surface area contributed by atoms with E-state index in [0.717, 1.165) is 42.7 Å². The van der Waals surface area contributed by atoms with Crippen LogP contribution < -0.4 is 10.1 Å². The van der Waals surface area contributed by atoms with Gasteiger partial charge in [-0.15, -0.1) is 0 Å². The van der Waals surface area contributed by atoms with Gasteiger partial charge in [0, 0.05) is 24.0 Å². The van der Waals surface area contributed by atoms with Crippen LogP contribution in [0.4, 0.5) is 10.1 Å². The molecular formula is C23H25FN4O3. The van der Waals surface area contributed by atoms with E-state index in [-0.39, 0.29) is 5.56 Å². The summed E-state index contributed by atoms with van der Waals surface area (Å²) in [6, 6.07) is 6.69. The molecule has 1 amide bonds. The number of ether oxygens (including phenoxy) is 1. The highest BCUT2D eigenvalue weighted by Gasteiger charge is 2.19. The summed E-state index contributed by atoms with van der Waals surface area (Å²) in [7, 11) is 0. The fraction of sp³-hybridized carbons (Fsp3) is 0.348. The second-order valence-electron chi connectivity index (χ2n) is 7.62. The largest absolute Gasteiger partial charge is 0.492 e. The number of halogens is 1. The fourth-order valence-corrected chi connectivity index (χ4v) is 3.85. The van der Waals surface area contributed by atoms with Gasteiger partial charge in [0.1, 0.15) is 18.1 Å². The van der Waals surface area contributed by atoms with E-state index in [1.165, 1.54) is 25.1 Å². The molecule has 0 radical (unpaired) electrons. The lowest BCUT2D eigenvalue weighted by Crippen LogP contribution is -2.25. The first-order valence-corrected chi connectivity index (χ1v) is 10.4. The van der Waals surface area contributed by atoms with E-state index in [0.29, 0.717) is 23.8 Å². The predicted octanol–water partition coefficient (Wildman–Crippen LogP) is 4.22. The number of amides is 1. The van der Waals surface area contributed by atoms with Crippen molar-refractivity contribution in [3.63, 3.8) is 0 Å². The molecule has 8 heteroatoms. The zero-order chi connectivity index (χ0) is 21.8. The number of hydrogen-bond donors (Lipinski definition) is 1. The van der Waals surface area contributed by atoms with E-state index in [1.54, 1.807) is 12.1 Å². The second kappa shape index (κ2) is 9.26. The molecule has 1 saturated heterocycles. The van der Waals surface area contributed by atoms with Crippen LogP contribution in [0.3, 0.4) is 0 Å². The molecule has 162 valence electrons. The van der Waals surface area contributed by atoms with Crippen molar-refractivity contribution in [1.29, 1.82) is 0 Å². The Morgan fingerprint density at radius 1 is 1.26 bits per heavy atom. The van der Waals surface area contributed by atoms with Crippen LogP contribution in [-0.2, 0) is 0 Å². The number of benzene rings is 1. The summed E-state index contributed by atoms with van der Waals surface area (Å²) in [5.74, 6) is 0.118. The topological polar surface area (TPSA) is 80.5 Å². The third kappa shape index (κ3) is 4.74. The highest BCUT2D eigenvalue weighted by molar-refractivity contribution is 6.04. The minimum absolute atomic E-state index is 0.0696. The van der Waals surface area contributed by atoms with Crippen molar-refractivity contribution in [2.24, 2.45) is 0 Å². The molecule has 31 heavy (non-hydrogen) atoms. The van der Waals surface area contributed by atoms with Gasteiger partial charge < -0.3 is 14.6 Å². The molecule has 4 rings (SSSR count). The van der Waals surface area contributed by atoms with Gasteiger partial charge in [-0.3, -0.25) is 14.7 Å². The number of aromatic nitrogens is 2. The minimum atomic E-state index is -0.673. The average Bonchev–Trinajstić information content (AvgIpc) is 3.39. The molecule has 1 N–H and O–H groups in total. The quantitative estimate of drug-likeness (QED) is 0.612. The number of nitrogens with one attached hydrogen (secondary N) is 1. The third-order valence-electron chi connectivity index (χ3n) is 5.42. The van der Waals surface area contributed by atoms with Crippen LogP contribution in [0.1, 0.15) is 34.7 Å². The maximum atomic E-state index is 13.9. The molecule has 1 aliphatic heterocycles. The molecule has 0 bridgehead atoms. The molecule has 1 fully saturated rings. The van der Waals surface area contributed by atoms with Crippen molar-refractivity contribution in [1.82, 2.24) is 15.0 Å². The highest BCUT2D eigenvalue weighted by atomic mass is 19.1. The van der Waals surface area contributed by atoms with E-state index in [4.69, 9.17) is 9.26 Å². The number of likely N-dealkylation sites (tertiary alicyclic amines) is 1. The van der Waals surface area contributed by atoms with Gasteiger partial charge in [0.15, 0.2) is 5.82 Å². The average molecular weight is 424 g/mol. The maximum Gasteiger partial charge on any atom is 0.258 e. The number of carbonyl (C=O) groups excluding carboxylic acids is 1. The first kappa shape index (κ1) is 21.0. The van der Waals surface area contributed by atoms with Crippen molar-refractivity contribution < 1.29 is 18.4 Å². The number of anilines is 1. The van der Waals surface area contributed by atoms with E-state index in [2.05, 4.69) is 20.4 Å². The van der Waals surface area contributed by atoms with Gasteiger partial charge in [-0.05, 0) is 64.0 Å². The molecule has 0 unspecified atom stereocenters. The number of pyridine rings is 1. The molecule has 0 atom stereocenters. The van der Waals surface area contributed by atoms with Gasteiger partial charge in [-0.2, -0.15) is 0 Å². The fourth-order valence-electron chi connectivity index (χ4n) is 3.85. The number of hydrogen-bond acceptors (Lipinski definition) is 6. The van der Waals surface area contributed by atoms with Gasteiger partial charge >= 0.3 is 0 Å².